The lowest BCUT2D eigenvalue weighted by Crippen LogP contribution is -2.35. The number of benzene rings is 1. The van der Waals surface area contributed by atoms with E-state index in [1.807, 2.05) is 0 Å². The van der Waals surface area contributed by atoms with Crippen LogP contribution in [0, 0.1) is 5.92 Å². The molecule has 112 valence electrons. The summed E-state index contributed by atoms with van der Waals surface area (Å²) in [5.74, 6) is 0.992. The molecule has 0 saturated carbocycles. The van der Waals surface area contributed by atoms with E-state index >= 15 is 0 Å². The molecule has 6 heteroatoms. The fourth-order valence-electron chi connectivity index (χ4n) is 2.48. The van der Waals surface area contributed by atoms with Crippen LogP contribution in [-0.4, -0.2) is 30.2 Å². The van der Waals surface area contributed by atoms with Crippen LogP contribution in [0.25, 0.3) is 0 Å². The third-order valence-electron chi connectivity index (χ3n) is 3.38. The van der Waals surface area contributed by atoms with Gasteiger partial charge in [-0.2, -0.15) is 0 Å². The topological polar surface area (TPSA) is 12.5 Å². The molecule has 1 fully saturated rings. The molecule has 0 aromatic heterocycles. The average molecular weight is 308 g/mol. The van der Waals surface area contributed by atoms with Crippen LogP contribution < -0.4 is 4.74 Å². The van der Waals surface area contributed by atoms with E-state index in [9.17, 15) is 13.2 Å². The van der Waals surface area contributed by atoms with Crippen LogP contribution in [0.3, 0.4) is 0 Å². The highest BCUT2D eigenvalue weighted by Crippen LogP contribution is 2.24. The maximum Gasteiger partial charge on any atom is 0.573 e. The van der Waals surface area contributed by atoms with Gasteiger partial charge in [0, 0.05) is 19.0 Å². The number of nitrogens with zero attached hydrogens (tertiary/aromatic N) is 1. The molecule has 2 nitrogen and oxygen atoms in total. The normalized spacial score (nSPS) is 20.9. The Morgan fingerprint density at radius 2 is 1.95 bits per heavy atom. The van der Waals surface area contributed by atoms with Crippen LogP contribution in [0.1, 0.15) is 18.4 Å². The highest BCUT2D eigenvalue weighted by molar-refractivity contribution is 6.18. The molecule has 1 atom stereocenters. The van der Waals surface area contributed by atoms with Gasteiger partial charge in [-0.15, -0.1) is 24.8 Å². The van der Waals surface area contributed by atoms with Crippen LogP contribution in [0.5, 0.6) is 5.75 Å². The van der Waals surface area contributed by atoms with Crippen molar-refractivity contribution in [2.45, 2.75) is 25.7 Å². The van der Waals surface area contributed by atoms with E-state index in [2.05, 4.69) is 9.64 Å². The van der Waals surface area contributed by atoms with Gasteiger partial charge in [0.05, 0.1) is 0 Å². The van der Waals surface area contributed by atoms with E-state index in [1.54, 1.807) is 12.1 Å². The first-order chi connectivity index (χ1) is 9.46. The Morgan fingerprint density at radius 3 is 2.55 bits per heavy atom. The molecular formula is C14H17ClF3NO. The molecular weight excluding hydrogens is 291 g/mol. The molecule has 1 saturated heterocycles. The number of piperidine rings is 1. The molecule has 20 heavy (non-hydrogen) atoms. The molecule has 0 bridgehead atoms. The van der Waals surface area contributed by atoms with Gasteiger partial charge in [-0.05, 0) is 43.0 Å². The van der Waals surface area contributed by atoms with Crippen molar-refractivity contribution in [1.82, 2.24) is 4.90 Å². The zero-order valence-corrected chi connectivity index (χ0v) is 11.8. The first kappa shape index (κ1) is 15.4. The second kappa shape index (κ2) is 6.68. The van der Waals surface area contributed by atoms with Crippen molar-refractivity contribution in [3.05, 3.63) is 29.8 Å². The number of hydrogen-bond donors (Lipinski definition) is 0. The summed E-state index contributed by atoms with van der Waals surface area (Å²) < 4.78 is 40.0. The first-order valence-electron chi connectivity index (χ1n) is 6.59. The fourth-order valence-corrected chi connectivity index (χ4v) is 2.73. The van der Waals surface area contributed by atoms with Gasteiger partial charge in [-0.1, -0.05) is 12.1 Å². The van der Waals surface area contributed by atoms with Crippen LogP contribution >= 0.6 is 11.6 Å². The Bertz CT molecular complexity index is 421. The van der Waals surface area contributed by atoms with E-state index in [0.717, 1.165) is 38.0 Å². The molecule has 1 unspecified atom stereocenters. The summed E-state index contributed by atoms with van der Waals surface area (Å²) in [6, 6.07) is 6.05. The molecule has 1 aliphatic rings. The molecule has 0 amide bonds. The lowest BCUT2D eigenvalue weighted by molar-refractivity contribution is -0.274. The molecule has 1 heterocycles. The average Bonchev–Trinajstić information content (AvgIpc) is 2.40. The Labute approximate surface area is 121 Å². The number of hydrogen-bond acceptors (Lipinski definition) is 2. The second-order valence-electron chi connectivity index (χ2n) is 5.09. The maximum atomic E-state index is 12.1. The Morgan fingerprint density at radius 1 is 1.25 bits per heavy atom. The number of halogens is 4. The Hall–Kier alpha value is -0.940. The predicted octanol–water partition coefficient (Wildman–Crippen LogP) is 4.04. The zero-order chi connectivity index (χ0) is 14.6. The molecule has 2 rings (SSSR count). The molecule has 1 aromatic rings. The summed E-state index contributed by atoms with van der Waals surface area (Å²) in [4.78, 5) is 2.29. The summed E-state index contributed by atoms with van der Waals surface area (Å²) in [6.45, 7) is 2.69. The van der Waals surface area contributed by atoms with E-state index in [-0.39, 0.29) is 5.75 Å². The van der Waals surface area contributed by atoms with Gasteiger partial charge >= 0.3 is 6.36 Å². The molecule has 0 spiro atoms. The Balaban J connectivity index is 1.90. The SMILES string of the molecule is FC(F)(F)Oc1ccc(CN2CCCC(CCl)C2)cc1. The standard InChI is InChI=1S/C14H17ClF3NO/c15-8-12-2-1-7-19(10-12)9-11-3-5-13(6-4-11)20-14(16,17)18/h3-6,12H,1-2,7-10H2. The molecule has 0 N–H and O–H groups in total. The first-order valence-corrected chi connectivity index (χ1v) is 7.13. The predicted molar refractivity (Wildman–Crippen MR) is 71.8 cm³/mol. The van der Waals surface area contributed by atoms with Gasteiger partial charge in [-0.25, -0.2) is 0 Å². The summed E-state index contributed by atoms with van der Waals surface area (Å²) in [6.07, 6.45) is -2.37. The Kier molecular flexibility index (Phi) is 5.16. The van der Waals surface area contributed by atoms with Gasteiger partial charge in [0.2, 0.25) is 0 Å². The second-order valence-corrected chi connectivity index (χ2v) is 5.40. The third kappa shape index (κ3) is 4.87. The number of rotatable bonds is 4. The minimum Gasteiger partial charge on any atom is -0.406 e. The van der Waals surface area contributed by atoms with Crippen molar-refractivity contribution in [3.8, 4) is 5.75 Å². The summed E-state index contributed by atoms with van der Waals surface area (Å²) in [5.41, 5.74) is 0.981. The lowest BCUT2D eigenvalue weighted by atomic mass is 9.99. The van der Waals surface area contributed by atoms with Crippen molar-refractivity contribution in [1.29, 1.82) is 0 Å². The summed E-state index contributed by atoms with van der Waals surface area (Å²) >= 11 is 5.88. The zero-order valence-electron chi connectivity index (χ0n) is 11.0. The van der Waals surface area contributed by atoms with Crippen molar-refractivity contribution in [2.75, 3.05) is 19.0 Å². The minimum absolute atomic E-state index is 0.182. The van der Waals surface area contributed by atoms with Crippen LogP contribution in [0.4, 0.5) is 13.2 Å². The minimum atomic E-state index is -4.64. The van der Waals surface area contributed by atoms with Crippen LogP contribution in [0.2, 0.25) is 0 Å². The van der Waals surface area contributed by atoms with E-state index in [1.165, 1.54) is 12.1 Å². The van der Waals surface area contributed by atoms with Gasteiger partial charge in [-0.3, -0.25) is 4.90 Å². The third-order valence-corrected chi connectivity index (χ3v) is 3.82. The molecule has 1 aliphatic heterocycles. The van der Waals surface area contributed by atoms with Crippen LogP contribution in [-0.2, 0) is 6.54 Å². The summed E-state index contributed by atoms with van der Waals surface area (Å²) in [7, 11) is 0. The number of likely N-dealkylation sites (tertiary alicyclic amines) is 1. The van der Waals surface area contributed by atoms with Gasteiger partial charge in [0.1, 0.15) is 5.75 Å². The highest BCUT2D eigenvalue weighted by Gasteiger charge is 2.31. The monoisotopic (exact) mass is 307 g/mol. The fraction of sp³-hybridized carbons (Fsp3) is 0.571. The summed E-state index contributed by atoms with van der Waals surface area (Å²) in [5, 5.41) is 0. The number of alkyl halides is 4. The van der Waals surface area contributed by atoms with Gasteiger partial charge < -0.3 is 4.74 Å². The number of ether oxygens (including phenoxy) is 1. The highest BCUT2D eigenvalue weighted by atomic mass is 35.5. The van der Waals surface area contributed by atoms with E-state index < -0.39 is 6.36 Å². The van der Waals surface area contributed by atoms with E-state index in [0.29, 0.717) is 11.8 Å². The molecule has 0 aliphatic carbocycles. The van der Waals surface area contributed by atoms with Crippen molar-refractivity contribution in [2.24, 2.45) is 5.92 Å². The smallest absolute Gasteiger partial charge is 0.406 e. The quantitative estimate of drug-likeness (QED) is 0.779. The van der Waals surface area contributed by atoms with Crippen molar-refractivity contribution >= 4 is 11.6 Å². The van der Waals surface area contributed by atoms with Crippen molar-refractivity contribution in [3.63, 3.8) is 0 Å². The maximum absolute atomic E-state index is 12.1. The van der Waals surface area contributed by atoms with E-state index in [4.69, 9.17) is 11.6 Å². The van der Waals surface area contributed by atoms with Gasteiger partial charge in [0.25, 0.3) is 0 Å². The van der Waals surface area contributed by atoms with Crippen LogP contribution in [0.15, 0.2) is 24.3 Å². The van der Waals surface area contributed by atoms with Crippen molar-refractivity contribution < 1.29 is 17.9 Å². The lowest BCUT2D eigenvalue weighted by Gasteiger charge is -2.31. The molecule has 0 radical (unpaired) electrons. The molecule has 1 aromatic carbocycles. The largest absolute Gasteiger partial charge is 0.573 e. The van der Waals surface area contributed by atoms with Gasteiger partial charge in [0.15, 0.2) is 0 Å².